The molecule has 14 heteroatoms. The molecular weight excluding hydrogens is 386 g/mol. The number of alkyl halides is 14. The van der Waals surface area contributed by atoms with Gasteiger partial charge in [-0.2, -0.15) is 61.5 Å². The highest BCUT2D eigenvalue weighted by Crippen LogP contribution is 2.46. The maximum Gasteiger partial charge on any atom is 0.457 e. The SMILES string of the molecule is FC(F)(F)C(F)(F)C=CC(F)(F)C(F)(F)CCC(F)(F)C(F)(F)F. The van der Waals surface area contributed by atoms with Gasteiger partial charge < -0.3 is 0 Å². The van der Waals surface area contributed by atoms with Crippen LogP contribution in [-0.2, 0) is 0 Å². The molecule has 144 valence electrons. The van der Waals surface area contributed by atoms with E-state index in [1.807, 2.05) is 0 Å². The lowest BCUT2D eigenvalue weighted by atomic mass is 10.0. The molecule has 0 aliphatic carbocycles. The standard InChI is InChI=1S/C10H6F14/c11-5(12,1-3-7(15,16)9(19,20)21)6(13,14)2-4-8(17,18)10(22,23)24/h1,3H,2,4H2. The number of allylic oxidation sites excluding steroid dienone is 2. The zero-order valence-electron chi connectivity index (χ0n) is 10.9. The Balaban J connectivity index is 5.27. The molecule has 0 aliphatic rings. The maximum absolute atomic E-state index is 13.0. The molecule has 0 spiro atoms. The highest BCUT2D eigenvalue weighted by molar-refractivity contribution is 5.09. The van der Waals surface area contributed by atoms with Gasteiger partial charge in [0.1, 0.15) is 0 Å². The molecular formula is C10H6F14. The molecule has 0 saturated heterocycles. The van der Waals surface area contributed by atoms with Crippen molar-refractivity contribution in [2.75, 3.05) is 0 Å². The first-order chi connectivity index (χ1) is 10.2. The maximum atomic E-state index is 13.0. The summed E-state index contributed by atoms with van der Waals surface area (Å²) in [4.78, 5) is 0. The molecule has 0 nitrogen and oxygen atoms in total. The van der Waals surface area contributed by atoms with Crippen LogP contribution in [0.25, 0.3) is 0 Å². The number of hydrogen-bond donors (Lipinski definition) is 0. The van der Waals surface area contributed by atoms with Crippen LogP contribution < -0.4 is 0 Å². The van der Waals surface area contributed by atoms with Crippen LogP contribution in [-0.4, -0.2) is 36.0 Å². The molecule has 0 rings (SSSR count). The van der Waals surface area contributed by atoms with Crippen LogP contribution in [0.2, 0.25) is 0 Å². The normalized spacial score (nSPS) is 16.1. The fourth-order valence-electron chi connectivity index (χ4n) is 1.05. The number of hydrogen-bond acceptors (Lipinski definition) is 0. The highest BCUT2D eigenvalue weighted by atomic mass is 19.4. The summed E-state index contributed by atoms with van der Waals surface area (Å²) in [5.41, 5.74) is 0. The Labute approximate surface area is 124 Å². The van der Waals surface area contributed by atoms with Gasteiger partial charge in [0.05, 0.1) is 0 Å². The first kappa shape index (κ1) is 22.8. The first-order valence-electron chi connectivity index (χ1n) is 5.51. The van der Waals surface area contributed by atoms with Crippen molar-refractivity contribution >= 4 is 0 Å². The Bertz CT molecular complexity index is 451. The lowest BCUT2D eigenvalue weighted by Crippen LogP contribution is -2.43. The second kappa shape index (κ2) is 6.24. The third kappa shape index (κ3) is 5.13. The monoisotopic (exact) mass is 392 g/mol. The Hall–Kier alpha value is -1.24. The van der Waals surface area contributed by atoms with E-state index in [1.165, 1.54) is 0 Å². The Morgan fingerprint density at radius 1 is 0.417 bits per heavy atom. The van der Waals surface area contributed by atoms with Crippen LogP contribution in [0.15, 0.2) is 12.2 Å². The average Bonchev–Trinajstić information content (AvgIpc) is 2.31. The second-order valence-corrected chi connectivity index (χ2v) is 4.48. The predicted molar refractivity (Wildman–Crippen MR) is 50.3 cm³/mol. The molecule has 24 heavy (non-hydrogen) atoms. The summed E-state index contributed by atoms with van der Waals surface area (Å²) in [7, 11) is 0. The summed E-state index contributed by atoms with van der Waals surface area (Å²) in [6.07, 6.45) is -21.6. The Morgan fingerprint density at radius 3 is 1.08 bits per heavy atom. The summed E-state index contributed by atoms with van der Waals surface area (Å²) >= 11 is 0. The van der Waals surface area contributed by atoms with Crippen molar-refractivity contribution in [1.82, 2.24) is 0 Å². The van der Waals surface area contributed by atoms with Gasteiger partial charge in [-0.1, -0.05) is 0 Å². The van der Waals surface area contributed by atoms with Gasteiger partial charge in [0, 0.05) is 12.8 Å². The van der Waals surface area contributed by atoms with Gasteiger partial charge in [-0.3, -0.25) is 0 Å². The number of rotatable bonds is 6. The van der Waals surface area contributed by atoms with Gasteiger partial charge in [0.2, 0.25) is 0 Å². The Kier molecular flexibility index (Phi) is 5.92. The zero-order valence-corrected chi connectivity index (χ0v) is 10.9. The summed E-state index contributed by atoms with van der Waals surface area (Å²) in [6.45, 7) is 0. The summed E-state index contributed by atoms with van der Waals surface area (Å²) in [6, 6.07) is 0. The average molecular weight is 392 g/mol. The zero-order chi connectivity index (χ0) is 19.8. The third-order valence-electron chi connectivity index (χ3n) is 2.54. The van der Waals surface area contributed by atoms with Gasteiger partial charge in [0.25, 0.3) is 0 Å². The van der Waals surface area contributed by atoms with Crippen molar-refractivity contribution in [3.63, 3.8) is 0 Å². The van der Waals surface area contributed by atoms with E-state index in [0.29, 0.717) is 0 Å². The van der Waals surface area contributed by atoms with Crippen LogP contribution in [0.4, 0.5) is 61.5 Å². The predicted octanol–water partition coefficient (Wildman–Crippen LogP) is 5.99. The lowest BCUT2D eigenvalue weighted by Gasteiger charge is -2.27. The molecule has 0 aliphatic heterocycles. The smallest absolute Gasteiger partial charge is 0.200 e. The van der Waals surface area contributed by atoms with Gasteiger partial charge in [-0.15, -0.1) is 0 Å². The van der Waals surface area contributed by atoms with Gasteiger partial charge >= 0.3 is 36.0 Å². The topological polar surface area (TPSA) is 0 Å². The van der Waals surface area contributed by atoms with Crippen molar-refractivity contribution < 1.29 is 61.5 Å². The van der Waals surface area contributed by atoms with Gasteiger partial charge in [0.15, 0.2) is 0 Å². The quantitative estimate of drug-likeness (QED) is 0.385. The van der Waals surface area contributed by atoms with Crippen LogP contribution in [0.1, 0.15) is 12.8 Å². The molecule has 0 unspecified atom stereocenters. The van der Waals surface area contributed by atoms with Gasteiger partial charge in [-0.05, 0) is 12.2 Å². The first-order valence-corrected chi connectivity index (χ1v) is 5.51. The van der Waals surface area contributed by atoms with E-state index in [9.17, 15) is 61.5 Å². The molecule has 0 amide bonds. The fraction of sp³-hybridized carbons (Fsp3) is 0.800. The molecule has 0 fully saturated rings. The largest absolute Gasteiger partial charge is 0.457 e. The van der Waals surface area contributed by atoms with Crippen molar-refractivity contribution in [2.24, 2.45) is 0 Å². The molecule has 0 atom stereocenters. The second-order valence-electron chi connectivity index (χ2n) is 4.48. The third-order valence-corrected chi connectivity index (χ3v) is 2.54. The van der Waals surface area contributed by atoms with E-state index < -0.39 is 61.0 Å². The molecule has 0 heterocycles. The van der Waals surface area contributed by atoms with E-state index in [-0.39, 0.29) is 0 Å². The van der Waals surface area contributed by atoms with Crippen molar-refractivity contribution in [1.29, 1.82) is 0 Å². The molecule has 0 saturated carbocycles. The molecule has 0 aromatic rings. The van der Waals surface area contributed by atoms with E-state index in [1.54, 1.807) is 0 Å². The number of halogens is 14. The van der Waals surface area contributed by atoms with E-state index in [4.69, 9.17) is 0 Å². The van der Waals surface area contributed by atoms with E-state index in [2.05, 4.69) is 0 Å². The minimum absolute atomic E-state index is 1.59. The van der Waals surface area contributed by atoms with Crippen LogP contribution in [0, 0.1) is 0 Å². The van der Waals surface area contributed by atoms with Crippen molar-refractivity contribution in [2.45, 2.75) is 48.9 Å². The molecule has 0 N–H and O–H groups in total. The van der Waals surface area contributed by atoms with E-state index in [0.717, 1.165) is 0 Å². The summed E-state index contributed by atoms with van der Waals surface area (Å²) < 4.78 is 171. The highest BCUT2D eigenvalue weighted by Gasteiger charge is 2.62. The molecule has 0 bridgehead atoms. The molecule has 0 radical (unpaired) electrons. The minimum Gasteiger partial charge on any atom is -0.200 e. The summed E-state index contributed by atoms with van der Waals surface area (Å²) in [5, 5.41) is 0. The molecule has 0 aromatic heterocycles. The van der Waals surface area contributed by atoms with Crippen molar-refractivity contribution in [3.8, 4) is 0 Å². The fourth-order valence-corrected chi connectivity index (χ4v) is 1.05. The van der Waals surface area contributed by atoms with E-state index >= 15 is 0 Å². The molecule has 0 aromatic carbocycles. The lowest BCUT2D eigenvalue weighted by molar-refractivity contribution is -0.291. The van der Waals surface area contributed by atoms with Crippen LogP contribution in [0.5, 0.6) is 0 Å². The van der Waals surface area contributed by atoms with Crippen LogP contribution >= 0.6 is 0 Å². The van der Waals surface area contributed by atoms with Crippen molar-refractivity contribution in [3.05, 3.63) is 12.2 Å². The van der Waals surface area contributed by atoms with Gasteiger partial charge in [-0.25, -0.2) is 0 Å². The van der Waals surface area contributed by atoms with Crippen LogP contribution in [0.3, 0.4) is 0 Å². The minimum atomic E-state index is -6.40. The Morgan fingerprint density at radius 2 is 0.750 bits per heavy atom. The summed E-state index contributed by atoms with van der Waals surface area (Å²) in [5.74, 6) is -23.3.